The van der Waals surface area contributed by atoms with Gasteiger partial charge in [0.2, 0.25) is 0 Å². The highest BCUT2D eigenvalue weighted by Gasteiger charge is 2.18. The standard InChI is InChI=1S/C17H19BrFN/c1-12(14-6-4-3-5-7-14)17(20-2)10-13-8-15(18)11-16(19)9-13/h3-9,11-12,17,20H,10H2,1-2H3. The molecule has 0 fully saturated rings. The van der Waals surface area contributed by atoms with Crippen molar-refractivity contribution in [1.82, 2.24) is 5.32 Å². The van der Waals surface area contributed by atoms with Gasteiger partial charge >= 0.3 is 0 Å². The summed E-state index contributed by atoms with van der Waals surface area (Å²) in [4.78, 5) is 0. The van der Waals surface area contributed by atoms with Crippen molar-refractivity contribution in [3.63, 3.8) is 0 Å². The first-order valence-electron chi connectivity index (χ1n) is 6.77. The third kappa shape index (κ3) is 3.90. The maximum Gasteiger partial charge on any atom is 0.124 e. The minimum absolute atomic E-state index is 0.198. The highest BCUT2D eigenvalue weighted by Crippen LogP contribution is 2.23. The zero-order valence-corrected chi connectivity index (χ0v) is 13.3. The molecule has 0 bridgehead atoms. The molecule has 106 valence electrons. The molecule has 0 saturated carbocycles. The predicted octanol–water partition coefficient (Wildman–Crippen LogP) is 4.52. The van der Waals surface area contributed by atoms with E-state index in [9.17, 15) is 4.39 Å². The molecule has 0 amide bonds. The minimum atomic E-state index is -0.198. The van der Waals surface area contributed by atoms with Crippen molar-refractivity contribution in [2.24, 2.45) is 0 Å². The molecule has 0 heterocycles. The fourth-order valence-electron chi connectivity index (χ4n) is 2.50. The summed E-state index contributed by atoms with van der Waals surface area (Å²) in [7, 11) is 1.96. The summed E-state index contributed by atoms with van der Waals surface area (Å²) in [6, 6.07) is 15.7. The molecular formula is C17H19BrFN. The van der Waals surface area contributed by atoms with Crippen LogP contribution in [0.2, 0.25) is 0 Å². The number of likely N-dealkylation sites (N-methyl/N-ethyl adjacent to an activating group) is 1. The van der Waals surface area contributed by atoms with Crippen molar-refractivity contribution in [2.75, 3.05) is 7.05 Å². The molecule has 1 nitrogen and oxygen atoms in total. The second-order valence-corrected chi connectivity index (χ2v) is 5.99. The van der Waals surface area contributed by atoms with E-state index in [1.165, 1.54) is 11.6 Å². The van der Waals surface area contributed by atoms with Crippen LogP contribution in [0.1, 0.15) is 24.0 Å². The van der Waals surface area contributed by atoms with Crippen molar-refractivity contribution in [3.05, 3.63) is 69.9 Å². The van der Waals surface area contributed by atoms with Crippen molar-refractivity contribution < 1.29 is 4.39 Å². The fraction of sp³-hybridized carbons (Fsp3) is 0.294. The van der Waals surface area contributed by atoms with E-state index >= 15 is 0 Å². The number of nitrogens with one attached hydrogen (secondary N) is 1. The highest BCUT2D eigenvalue weighted by atomic mass is 79.9. The van der Waals surface area contributed by atoms with Gasteiger partial charge in [-0.3, -0.25) is 0 Å². The highest BCUT2D eigenvalue weighted by molar-refractivity contribution is 9.10. The summed E-state index contributed by atoms with van der Waals surface area (Å²) in [6.45, 7) is 2.20. The summed E-state index contributed by atoms with van der Waals surface area (Å²) in [6.07, 6.45) is 0.795. The van der Waals surface area contributed by atoms with E-state index in [1.54, 1.807) is 6.07 Å². The number of hydrogen-bond donors (Lipinski definition) is 1. The van der Waals surface area contributed by atoms with Crippen LogP contribution in [-0.2, 0) is 6.42 Å². The molecule has 0 aliphatic carbocycles. The van der Waals surface area contributed by atoms with Gasteiger partial charge in [0.1, 0.15) is 5.82 Å². The smallest absolute Gasteiger partial charge is 0.124 e. The summed E-state index contributed by atoms with van der Waals surface area (Å²) in [5, 5.41) is 3.35. The van der Waals surface area contributed by atoms with Crippen LogP contribution < -0.4 is 5.32 Å². The normalized spacial score (nSPS) is 14.0. The van der Waals surface area contributed by atoms with Gasteiger partial charge in [0.05, 0.1) is 0 Å². The van der Waals surface area contributed by atoms with Gasteiger partial charge < -0.3 is 5.32 Å². The third-order valence-corrected chi connectivity index (χ3v) is 4.14. The van der Waals surface area contributed by atoms with E-state index in [0.29, 0.717) is 5.92 Å². The number of benzene rings is 2. The molecule has 0 aliphatic rings. The average Bonchev–Trinajstić information content (AvgIpc) is 2.44. The minimum Gasteiger partial charge on any atom is -0.316 e. The van der Waals surface area contributed by atoms with Gasteiger partial charge in [-0.05, 0) is 48.7 Å². The summed E-state index contributed by atoms with van der Waals surface area (Å²) < 4.78 is 14.2. The molecule has 0 spiro atoms. The molecule has 2 atom stereocenters. The van der Waals surface area contributed by atoms with E-state index in [0.717, 1.165) is 16.5 Å². The zero-order valence-electron chi connectivity index (χ0n) is 11.7. The molecule has 2 rings (SSSR count). The van der Waals surface area contributed by atoms with Gasteiger partial charge in [-0.15, -0.1) is 0 Å². The lowest BCUT2D eigenvalue weighted by Crippen LogP contribution is -2.33. The van der Waals surface area contributed by atoms with Crippen LogP contribution >= 0.6 is 15.9 Å². The average molecular weight is 336 g/mol. The number of halogens is 2. The predicted molar refractivity (Wildman–Crippen MR) is 85.5 cm³/mol. The Hall–Kier alpha value is -1.19. The maximum atomic E-state index is 13.5. The Morgan fingerprint density at radius 2 is 1.85 bits per heavy atom. The Morgan fingerprint density at radius 1 is 1.15 bits per heavy atom. The number of rotatable bonds is 5. The first-order valence-corrected chi connectivity index (χ1v) is 7.56. The summed E-state index contributed by atoms with van der Waals surface area (Å²) >= 11 is 3.35. The van der Waals surface area contributed by atoms with Gasteiger partial charge in [0.15, 0.2) is 0 Å². The van der Waals surface area contributed by atoms with Crippen LogP contribution in [0.5, 0.6) is 0 Å². The van der Waals surface area contributed by atoms with Gasteiger partial charge in [0.25, 0.3) is 0 Å². The van der Waals surface area contributed by atoms with Crippen molar-refractivity contribution in [2.45, 2.75) is 25.3 Å². The first kappa shape index (κ1) is 15.2. The molecular weight excluding hydrogens is 317 g/mol. The Kier molecular flexibility index (Phi) is 5.32. The largest absolute Gasteiger partial charge is 0.316 e. The molecule has 3 heteroatoms. The van der Waals surface area contributed by atoms with Gasteiger partial charge in [0, 0.05) is 10.5 Å². The lowest BCUT2D eigenvalue weighted by molar-refractivity contribution is 0.481. The van der Waals surface area contributed by atoms with Crippen molar-refractivity contribution in [1.29, 1.82) is 0 Å². The molecule has 20 heavy (non-hydrogen) atoms. The van der Waals surface area contributed by atoms with E-state index < -0.39 is 0 Å². The van der Waals surface area contributed by atoms with Gasteiger partial charge in [-0.1, -0.05) is 53.2 Å². The SMILES string of the molecule is CNC(Cc1cc(F)cc(Br)c1)C(C)c1ccccc1. The van der Waals surface area contributed by atoms with Crippen LogP contribution in [0.3, 0.4) is 0 Å². The van der Waals surface area contributed by atoms with Crippen LogP contribution in [-0.4, -0.2) is 13.1 Å². The fourth-order valence-corrected chi connectivity index (χ4v) is 3.01. The second-order valence-electron chi connectivity index (χ2n) is 5.08. The molecule has 2 aromatic carbocycles. The van der Waals surface area contributed by atoms with Crippen LogP contribution in [0.15, 0.2) is 53.0 Å². The molecule has 0 aromatic heterocycles. The summed E-state index contributed by atoms with van der Waals surface area (Å²) in [5.74, 6) is 0.167. The monoisotopic (exact) mass is 335 g/mol. The first-order chi connectivity index (χ1) is 9.60. The summed E-state index contributed by atoms with van der Waals surface area (Å²) in [5.41, 5.74) is 2.29. The van der Waals surface area contributed by atoms with Gasteiger partial charge in [-0.25, -0.2) is 4.39 Å². The van der Waals surface area contributed by atoms with E-state index in [2.05, 4.69) is 52.4 Å². The molecule has 2 unspecified atom stereocenters. The number of hydrogen-bond acceptors (Lipinski definition) is 1. The Morgan fingerprint density at radius 3 is 2.45 bits per heavy atom. The lowest BCUT2D eigenvalue weighted by Gasteiger charge is -2.24. The maximum absolute atomic E-state index is 13.5. The Bertz CT molecular complexity index is 536. The van der Waals surface area contributed by atoms with Crippen LogP contribution in [0.4, 0.5) is 4.39 Å². The lowest BCUT2D eigenvalue weighted by atomic mass is 9.89. The molecule has 2 aromatic rings. The van der Waals surface area contributed by atoms with Crippen molar-refractivity contribution >= 4 is 15.9 Å². The zero-order chi connectivity index (χ0) is 14.5. The Labute approximate surface area is 128 Å². The van der Waals surface area contributed by atoms with E-state index in [-0.39, 0.29) is 11.9 Å². The van der Waals surface area contributed by atoms with E-state index in [4.69, 9.17) is 0 Å². The molecule has 0 aliphatic heterocycles. The van der Waals surface area contributed by atoms with E-state index in [1.807, 2.05) is 19.2 Å². The third-order valence-electron chi connectivity index (χ3n) is 3.68. The Balaban J connectivity index is 2.16. The van der Waals surface area contributed by atoms with Gasteiger partial charge in [-0.2, -0.15) is 0 Å². The topological polar surface area (TPSA) is 12.0 Å². The molecule has 0 radical (unpaired) electrons. The molecule has 0 saturated heterocycles. The molecule has 1 N–H and O–H groups in total. The van der Waals surface area contributed by atoms with Crippen LogP contribution in [0, 0.1) is 5.82 Å². The second kappa shape index (κ2) is 7.00. The van der Waals surface area contributed by atoms with Crippen LogP contribution in [0.25, 0.3) is 0 Å². The van der Waals surface area contributed by atoms with Crippen molar-refractivity contribution in [3.8, 4) is 0 Å². The quantitative estimate of drug-likeness (QED) is 0.846.